The molecule has 3 aromatic heterocycles. The molecule has 45 heavy (non-hydrogen) atoms. The number of rotatable bonds is 2. The van der Waals surface area contributed by atoms with Crippen molar-refractivity contribution < 1.29 is 0 Å². The number of aromatic nitrogens is 4. The fraction of sp³-hybridized carbons (Fsp3) is 0. The Balaban J connectivity index is 1.35. The highest BCUT2D eigenvalue weighted by molar-refractivity contribution is 6.18. The lowest BCUT2D eigenvalue weighted by Gasteiger charge is -2.14. The Kier molecular flexibility index (Phi) is 4.96. The van der Waals surface area contributed by atoms with Crippen LogP contribution in [-0.2, 0) is 0 Å². The van der Waals surface area contributed by atoms with Crippen molar-refractivity contribution in [1.29, 1.82) is 0 Å². The van der Waals surface area contributed by atoms with E-state index in [1.165, 1.54) is 43.8 Å². The Morgan fingerprint density at radius 2 is 1.20 bits per heavy atom. The molecule has 1 aliphatic rings. The predicted molar refractivity (Wildman–Crippen MR) is 184 cm³/mol. The molecular weight excluding hydrogens is 548 g/mol. The number of para-hydroxylation sites is 2. The van der Waals surface area contributed by atoms with Gasteiger partial charge < -0.3 is 0 Å². The maximum Gasteiger partial charge on any atom is 0.235 e. The van der Waals surface area contributed by atoms with E-state index in [0.29, 0.717) is 5.95 Å². The van der Waals surface area contributed by atoms with Crippen LogP contribution in [0.4, 0.5) is 0 Å². The van der Waals surface area contributed by atoms with Crippen LogP contribution in [0.5, 0.6) is 0 Å². The van der Waals surface area contributed by atoms with E-state index < -0.39 is 0 Å². The van der Waals surface area contributed by atoms with Crippen molar-refractivity contribution in [2.75, 3.05) is 0 Å². The van der Waals surface area contributed by atoms with Crippen molar-refractivity contribution in [2.24, 2.45) is 0 Å². The van der Waals surface area contributed by atoms with Gasteiger partial charge in [0.2, 0.25) is 5.95 Å². The van der Waals surface area contributed by atoms with Crippen molar-refractivity contribution in [3.63, 3.8) is 0 Å². The van der Waals surface area contributed by atoms with Gasteiger partial charge in [0.1, 0.15) is 0 Å². The zero-order chi connectivity index (χ0) is 29.5. The summed E-state index contributed by atoms with van der Waals surface area (Å²) in [6.07, 6.45) is 3.91. The van der Waals surface area contributed by atoms with E-state index in [1.807, 2.05) is 24.5 Å². The molecule has 4 nitrogen and oxygen atoms in total. The van der Waals surface area contributed by atoms with Gasteiger partial charge in [-0.05, 0) is 68.9 Å². The second-order valence-corrected chi connectivity index (χ2v) is 11.7. The second-order valence-electron chi connectivity index (χ2n) is 11.7. The lowest BCUT2D eigenvalue weighted by molar-refractivity contribution is 1.01. The highest BCUT2D eigenvalue weighted by atomic mass is 15.2. The molecule has 0 radical (unpaired) electrons. The molecule has 0 spiro atoms. The SMILES string of the molecule is c1ccc(-c2nc(-n3c4ccccc4c4cc5c(cc43)-c3cnccc3-c3cccc4cccc-5c34)nc3ccccc23)cc1. The van der Waals surface area contributed by atoms with Gasteiger partial charge >= 0.3 is 0 Å². The van der Waals surface area contributed by atoms with E-state index in [2.05, 4.69) is 131 Å². The molecule has 6 aromatic carbocycles. The molecular formula is C41H24N4. The van der Waals surface area contributed by atoms with Gasteiger partial charge in [-0.15, -0.1) is 0 Å². The van der Waals surface area contributed by atoms with Crippen molar-refractivity contribution in [2.45, 2.75) is 0 Å². The molecule has 208 valence electrons. The van der Waals surface area contributed by atoms with Crippen LogP contribution < -0.4 is 0 Å². The summed E-state index contributed by atoms with van der Waals surface area (Å²) in [6.45, 7) is 0. The molecule has 0 atom stereocenters. The van der Waals surface area contributed by atoms with Gasteiger partial charge in [-0.2, -0.15) is 0 Å². The molecule has 0 amide bonds. The zero-order valence-electron chi connectivity index (χ0n) is 24.1. The van der Waals surface area contributed by atoms with Gasteiger partial charge in [0, 0.05) is 39.7 Å². The van der Waals surface area contributed by atoms with Gasteiger partial charge in [0.25, 0.3) is 0 Å². The Morgan fingerprint density at radius 1 is 0.467 bits per heavy atom. The molecule has 9 aromatic rings. The molecule has 4 heteroatoms. The van der Waals surface area contributed by atoms with Crippen LogP contribution in [0.3, 0.4) is 0 Å². The number of benzene rings is 6. The Labute approximate surface area is 258 Å². The summed E-state index contributed by atoms with van der Waals surface area (Å²) >= 11 is 0. The number of nitrogens with zero attached hydrogens (tertiary/aromatic N) is 4. The number of fused-ring (bicyclic) bond motifs is 9. The van der Waals surface area contributed by atoms with E-state index in [-0.39, 0.29) is 0 Å². The van der Waals surface area contributed by atoms with E-state index in [0.717, 1.165) is 44.3 Å². The maximum absolute atomic E-state index is 5.29. The normalized spacial score (nSPS) is 12.0. The van der Waals surface area contributed by atoms with Crippen molar-refractivity contribution >= 4 is 43.5 Å². The van der Waals surface area contributed by atoms with Crippen molar-refractivity contribution in [3.8, 4) is 50.6 Å². The smallest absolute Gasteiger partial charge is 0.235 e. The Hall–Kier alpha value is -6.13. The summed E-state index contributed by atoms with van der Waals surface area (Å²) in [7, 11) is 0. The van der Waals surface area contributed by atoms with Crippen LogP contribution in [0.1, 0.15) is 0 Å². The van der Waals surface area contributed by atoms with Crippen LogP contribution >= 0.6 is 0 Å². The summed E-state index contributed by atoms with van der Waals surface area (Å²) in [5, 5.41) is 5.89. The predicted octanol–water partition coefficient (Wildman–Crippen LogP) is 10.3. The molecule has 0 fully saturated rings. The summed E-state index contributed by atoms with van der Waals surface area (Å²) < 4.78 is 2.23. The fourth-order valence-corrected chi connectivity index (χ4v) is 7.29. The molecule has 1 aliphatic carbocycles. The lowest BCUT2D eigenvalue weighted by Crippen LogP contribution is -2.03. The summed E-state index contributed by atoms with van der Waals surface area (Å²) in [5.41, 5.74) is 12.2. The van der Waals surface area contributed by atoms with Crippen molar-refractivity contribution in [3.05, 3.63) is 146 Å². The van der Waals surface area contributed by atoms with Crippen LogP contribution in [0, 0.1) is 0 Å². The first-order valence-corrected chi connectivity index (χ1v) is 15.2. The third-order valence-corrected chi connectivity index (χ3v) is 9.25. The monoisotopic (exact) mass is 572 g/mol. The molecule has 0 saturated heterocycles. The molecule has 0 saturated carbocycles. The highest BCUT2D eigenvalue weighted by Gasteiger charge is 2.25. The largest absolute Gasteiger partial charge is 0.278 e. The Morgan fingerprint density at radius 3 is 2.07 bits per heavy atom. The topological polar surface area (TPSA) is 43.6 Å². The number of pyridine rings is 1. The lowest BCUT2D eigenvalue weighted by atomic mass is 9.92. The average Bonchev–Trinajstić information content (AvgIpc) is 3.38. The summed E-state index contributed by atoms with van der Waals surface area (Å²) in [6, 6.07) is 47.3. The molecule has 0 N–H and O–H groups in total. The fourth-order valence-electron chi connectivity index (χ4n) is 7.29. The van der Waals surface area contributed by atoms with Gasteiger partial charge in [-0.25, -0.2) is 9.97 Å². The first-order chi connectivity index (χ1) is 22.3. The summed E-state index contributed by atoms with van der Waals surface area (Å²) in [5.74, 6) is 0.657. The maximum atomic E-state index is 5.29. The standard InChI is InChI=1S/C41H24N4/c1-2-10-26(11-3-1)40-31-15-4-6-18-36(31)43-41(44-40)45-37-19-7-5-14-28(37)34-22-32-30-17-9-13-25-12-8-16-29(39(25)30)27-20-21-42-24-35(27)33(32)23-38(34)45/h1-24H. The minimum Gasteiger partial charge on any atom is -0.278 e. The zero-order valence-corrected chi connectivity index (χ0v) is 24.1. The molecule has 0 unspecified atom stereocenters. The third-order valence-electron chi connectivity index (χ3n) is 9.25. The summed E-state index contributed by atoms with van der Waals surface area (Å²) in [4.78, 5) is 15.1. The van der Waals surface area contributed by atoms with E-state index in [4.69, 9.17) is 9.97 Å². The second kappa shape index (κ2) is 9.18. The van der Waals surface area contributed by atoms with Gasteiger partial charge in [-0.1, -0.05) is 103 Å². The first-order valence-electron chi connectivity index (χ1n) is 15.2. The Bertz CT molecular complexity index is 2650. The quantitative estimate of drug-likeness (QED) is 0.207. The van der Waals surface area contributed by atoms with Crippen LogP contribution in [0.25, 0.3) is 94.1 Å². The molecule has 10 rings (SSSR count). The highest BCUT2D eigenvalue weighted by Crippen LogP contribution is 2.49. The minimum atomic E-state index is 0.657. The van der Waals surface area contributed by atoms with Crippen LogP contribution in [-0.4, -0.2) is 19.5 Å². The van der Waals surface area contributed by atoms with Crippen molar-refractivity contribution in [1.82, 2.24) is 19.5 Å². The van der Waals surface area contributed by atoms with E-state index in [9.17, 15) is 0 Å². The molecule has 0 bridgehead atoms. The average molecular weight is 573 g/mol. The first kappa shape index (κ1) is 24.3. The molecule has 0 aliphatic heterocycles. The van der Waals surface area contributed by atoms with Gasteiger partial charge in [-0.3, -0.25) is 9.55 Å². The number of hydrogen-bond acceptors (Lipinski definition) is 3. The van der Waals surface area contributed by atoms with Crippen LogP contribution in [0.2, 0.25) is 0 Å². The number of hydrogen-bond donors (Lipinski definition) is 0. The van der Waals surface area contributed by atoms with E-state index in [1.54, 1.807) is 0 Å². The van der Waals surface area contributed by atoms with Gasteiger partial charge in [0.05, 0.1) is 22.2 Å². The van der Waals surface area contributed by atoms with E-state index >= 15 is 0 Å². The minimum absolute atomic E-state index is 0.657. The van der Waals surface area contributed by atoms with Crippen LogP contribution in [0.15, 0.2) is 146 Å². The third kappa shape index (κ3) is 3.45. The molecule has 3 heterocycles. The van der Waals surface area contributed by atoms with Gasteiger partial charge in [0.15, 0.2) is 0 Å².